The van der Waals surface area contributed by atoms with Crippen LogP contribution in [-0.2, 0) is 0 Å². The molecule has 0 fully saturated rings. The summed E-state index contributed by atoms with van der Waals surface area (Å²) in [5.41, 5.74) is 3.64. The maximum Gasteiger partial charge on any atom is 0.263 e. The Balaban J connectivity index is 1.93. The lowest BCUT2D eigenvalue weighted by atomic mass is 10.2. The topological polar surface area (TPSA) is 39.2 Å². The molecule has 4 aromatic rings. The molecule has 92 valence electrons. The highest BCUT2D eigenvalue weighted by atomic mass is 16.4. The molecule has 0 bridgehead atoms. The van der Waals surface area contributed by atoms with Crippen molar-refractivity contribution in [2.75, 3.05) is 0 Å². The summed E-state index contributed by atoms with van der Waals surface area (Å²) in [5.74, 6) is 1.19. The molecule has 0 spiro atoms. The predicted molar refractivity (Wildman–Crippen MR) is 74.0 cm³/mol. The van der Waals surface area contributed by atoms with Crippen LogP contribution in [0.5, 0.6) is 0 Å². The van der Waals surface area contributed by atoms with Gasteiger partial charge in [-0.25, -0.2) is 4.98 Å². The zero-order valence-corrected chi connectivity index (χ0v) is 10.4. The molecular formula is C16H11NO2. The summed E-state index contributed by atoms with van der Waals surface area (Å²) in [7, 11) is 0. The van der Waals surface area contributed by atoms with Crippen LogP contribution in [-0.4, -0.2) is 4.98 Å². The van der Waals surface area contributed by atoms with Crippen LogP contribution in [0.4, 0.5) is 0 Å². The van der Waals surface area contributed by atoms with Gasteiger partial charge in [-0.1, -0.05) is 24.3 Å². The summed E-state index contributed by atoms with van der Waals surface area (Å²) in [6, 6.07) is 15.8. The van der Waals surface area contributed by atoms with Gasteiger partial charge >= 0.3 is 0 Å². The van der Waals surface area contributed by atoms with Gasteiger partial charge in [-0.3, -0.25) is 0 Å². The molecule has 0 aliphatic heterocycles. The maximum absolute atomic E-state index is 5.76. The highest BCUT2D eigenvalue weighted by Crippen LogP contribution is 2.29. The van der Waals surface area contributed by atoms with Gasteiger partial charge in [-0.2, -0.15) is 0 Å². The second kappa shape index (κ2) is 3.72. The van der Waals surface area contributed by atoms with E-state index in [0.717, 1.165) is 27.6 Å². The standard InChI is InChI=1S/C16H11NO2/c1-10-6-7-14-12(8-10)17-16(19-14)15-9-11-4-2-3-5-13(11)18-15/h2-9H,1H3. The fraction of sp³-hybridized carbons (Fsp3) is 0.0625. The molecule has 0 atom stereocenters. The number of fused-ring (bicyclic) bond motifs is 2. The van der Waals surface area contributed by atoms with E-state index in [1.165, 1.54) is 0 Å². The molecule has 19 heavy (non-hydrogen) atoms. The lowest BCUT2D eigenvalue weighted by Gasteiger charge is -1.87. The van der Waals surface area contributed by atoms with Crippen molar-refractivity contribution in [3.63, 3.8) is 0 Å². The van der Waals surface area contributed by atoms with Gasteiger partial charge in [0.15, 0.2) is 11.3 Å². The number of benzene rings is 2. The third-order valence-electron chi connectivity index (χ3n) is 3.18. The van der Waals surface area contributed by atoms with Crippen molar-refractivity contribution in [3.05, 3.63) is 54.1 Å². The van der Waals surface area contributed by atoms with Crippen molar-refractivity contribution in [2.24, 2.45) is 0 Å². The van der Waals surface area contributed by atoms with E-state index in [4.69, 9.17) is 8.83 Å². The number of para-hydroxylation sites is 1. The van der Waals surface area contributed by atoms with E-state index >= 15 is 0 Å². The average molecular weight is 249 g/mol. The van der Waals surface area contributed by atoms with Crippen LogP contribution in [0.3, 0.4) is 0 Å². The molecule has 2 heterocycles. The Bertz CT molecular complexity index is 853. The zero-order chi connectivity index (χ0) is 12.8. The highest BCUT2D eigenvalue weighted by molar-refractivity contribution is 5.83. The second-order valence-corrected chi connectivity index (χ2v) is 4.64. The van der Waals surface area contributed by atoms with Gasteiger partial charge in [0.05, 0.1) is 0 Å². The SMILES string of the molecule is Cc1ccc2oc(-c3cc4ccccc4o3)nc2c1. The van der Waals surface area contributed by atoms with Gasteiger partial charge in [-0.15, -0.1) is 0 Å². The minimum absolute atomic E-state index is 0.525. The predicted octanol–water partition coefficient (Wildman–Crippen LogP) is 4.55. The third kappa shape index (κ3) is 1.63. The fourth-order valence-electron chi connectivity index (χ4n) is 2.23. The lowest BCUT2D eigenvalue weighted by Crippen LogP contribution is -1.72. The molecule has 2 aromatic heterocycles. The van der Waals surface area contributed by atoms with Gasteiger partial charge in [0.25, 0.3) is 5.89 Å². The van der Waals surface area contributed by atoms with Crippen LogP contribution in [0.1, 0.15) is 5.56 Å². The van der Waals surface area contributed by atoms with Crippen molar-refractivity contribution >= 4 is 22.1 Å². The molecule has 2 aromatic carbocycles. The Morgan fingerprint density at radius 1 is 0.895 bits per heavy atom. The summed E-state index contributed by atoms with van der Waals surface area (Å²) >= 11 is 0. The van der Waals surface area contributed by atoms with Gasteiger partial charge in [0, 0.05) is 5.39 Å². The summed E-state index contributed by atoms with van der Waals surface area (Å²) in [6.45, 7) is 2.04. The summed E-state index contributed by atoms with van der Waals surface area (Å²) in [5, 5.41) is 1.05. The largest absolute Gasteiger partial charge is 0.451 e. The molecule has 0 saturated heterocycles. The average Bonchev–Trinajstić information content (AvgIpc) is 3.00. The van der Waals surface area contributed by atoms with Crippen LogP contribution in [0, 0.1) is 6.92 Å². The van der Waals surface area contributed by atoms with Gasteiger partial charge in [0.1, 0.15) is 11.1 Å². The minimum Gasteiger partial charge on any atom is -0.451 e. The quantitative estimate of drug-likeness (QED) is 0.496. The molecule has 0 radical (unpaired) electrons. The Morgan fingerprint density at radius 3 is 2.68 bits per heavy atom. The maximum atomic E-state index is 5.76. The summed E-state index contributed by atoms with van der Waals surface area (Å²) < 4.78 is 11.5. The molecule has 3 nitrogen and oxygen atoms in total. The second-order valence-electron chi connectivity index (χ2n) is 4.64. The first-order chi connectivity index (χ1) is 9.29. The van der Waals surface area contributed by atoms with Gasteiger partial charge in [0.2, 0.25) is 0 Å². The normalized spacial score (nSPS) is 11.4. The van der Waals surface area contributed by atoms with E-state index in [9.17, 15) is 0 Å². The van der Waals surface area contributed by atoms with Crippen molar-refractivity contribution in [2.45, 2.75) is 6.92 Å². The van der Waals surface area contributed by atoms with Gasteiger partial charge in [-0.05, 0) is 36.8 Å². The number of rotatable bonds is 1. The van der Waals surface area contributed by atoms with Crippen molar-refractivity contribution in [1.82, 2.24) is 4.98 Å². The van der Waals surface area contributed by atoms with Crippen LogP contribution in [0.15, 0.2) is 57.4 Å². The number of oxazole rings is 1. The molecule has 3 heteroatoms. The van der Waals surface area contributed by atoms with E-state index in [1.54, 1.807) is 0 Å². The van der Waals surface area contributed by atoms with Crippen molar-refractivity contribution in [3.8, 4) is 11.7 Å². The van der Waals surface area contributed by atoms with Crippen LogP contribution in [0.25, 0.3) is 33.7 Å². The molecule has 4 rings (SSSR count). The highest BCUT2D eigenvalue weighted by Gasteiger charge is 2.12. The number of aromatic nitrogens is 1. The van der Waals surface area contributed by atoms with Crippen LogP contribution >= 0.6 is 0 Å². The van der Waals surface area contributed by atoms with Crippen molar-refractivity contribution in [1.29, 1.82) is 0 Å². The Kier molecular flexibility index (Phi) is 2.03. The van der Waals surface area contributed by atoms with E-state index in [0.29, 0.717) is 11.7 Å². The van der Waals surface area contributed by atoms with E-state index in [2.05, 4.69) is 4.98 Å². The van der Waals surface area contributed by atoms with Gasteiger partial charge < -0.3 is 8.83 Å². The number of aryl methyl sites for hydroxylation is 1. The first-order valence-corrected chi connectivity index (χ1v) is 6.16. The molecule has 0 aliphatic carbocycles. The molecule has 0 saturated carbocycles. The summed E-state index contributed by atoms with van der Waals surface area (Å²) in [6.07, 6.45) is 0. The van der Waals surface area contributed by atoms with E-state index in [-0.39, 0.29) is 0 Å². The van der Waals surface area contributed by atoms with Crippen molar-refractivity contribution < 1.29 is 8.83 Å². The molecular weight excluding hydrogens is 238 g/mol. The monoisotopic (exact) mass is 249 g/mol. The van der Waals surface area contributed by atoms with Crippen LogP contribution < -0.4 is 0 Å². The fourth-order valence-corrected chi connectivity index (χ4v) is 2.23. The summed E-state index contributed by atoms with van der Waals surface area (Å²) in [4.78, 5) is 4.48. The number of hydrogen-bond acceptors (Lipinski definition) is 3. The van der Waals surface area contributed by atoms with E-state index in [1.807, 2.05) is 55.5 Å². The number of hydrogen-bond donors (Lipinski definition) is 0. The smallest absolute Gasteiger partial charge is 0.263 e. The molecule has 0 N–H and O–H groups in total. The molecule has 0 amide bonds. The number of furan rings is 1. The van der Waals surface area contributed by atoms with E-state index < -0.39 is 0 Å². The first kappa shape index (κ1) is 10.4. The lowest BCUT2D eigenvalue weighted by molar-refractivity contribution is 0.559. The third-order valence-corrected chi connectivity index (χ3v) is 3.18. The zero-order valence-electron chi connectivity index (χ0n) is 10.4. The van der Waals surface area contributed by atoms with Crippen LogP contribution in [0.2, 0.25) is 0 Å². The molecule has 0 aliphatic rings. The Labute approximate surface area is 109 Å². The minimum atomic E-state index is 0.525. The number of nitrogens with zero attached hydrogens (tertiary/aromatic N) is 1. The Morgan fingerprint density at radius 2 is 1.79 bits per heavy atom. The Hall–Kier alpha value is -2.55. The molecule has 0 unspecified atom stereocenters. The first-order valence-electron chi connectivity index (χ1n) is 6.16.